The van der Waals surface area contributed by atoms with Crippen LogP contribution in [0.5, 0.6) is 11.5 Å². The molecule has 122 valence electrons. The van der Waals surface area contributed by atoms with Crippen LogP contribution in [0.2, 0.25) is 5.02 Å². The zero-order valence-corrected chi connectivity index (χ0v) is 14.8. The van der Waals surface area contributed by atoms with E-state index in [1.165, 1.54) is 11.3 Å². The molecule has 1 amide bonds. The molecule has 1 aromatic heterocycles. The van der Waals surface area contributed by atoms with Crippen LogP contribution in [0.25, 0.3) is 0 Å². The Morgan fingerprint density at radius 2 is 2.22 bits per heavy atom. The number of rotatable bonds is 5. The van der Waals surface area contributed by atoms with E-state index in [1.54, 1.807) is 11.8 Å². The van der Waals surface area contributed by atoms with Crippen molar-refractivity contribution in [1.82, 2.24) is 4.98 Å². The van der Waals surface area contributed by atoms with Gasteiger partial charge in [0.25, 0.3) is 0 Å². The van der Waals surface area contributed by atoms with Gasteiger partial charge >= 0.3 is 0 Å². The summed E-state index contributed by atoms with van der Waals surface area (Å²) in [6.45, 7) is 2.93. The summed E-state index contributed by atoms with van der Waals surface area (Å²) in [6.07, 6.45) is 0.236. The number of thiazole rings is 1. The van der Waals surface area contributed by atoms with Gasteiger partial charge in [-0.3, -0.25) is 4.79 Å². The van der Waals surface area contributed by atoms with Crippen LogP contribution < -0.4 is 15.2 Å². The molecule has 0 unspecified atom stereocenters. The lowest BCUT2D eigenvalue weighted by Crippen LogP contribution is -2.15. The lowest BCUT2D eigenvalue weighted by Gasteiger charge is -2.20. The molecule has 23 heavy (non-hydrogen) atoms. The van der Waals surface area contributed by atoms with Crippen LogP contribution in [0.1, 0.15) is 16.1 Å². The number of fused-ring (bicyclic) bond motifs is 1. The second-order valence-electron chi connectivity index (χ2n) is 5.02. The molecule has 3 rings (SSSR count). The highest BCUT2D eigenvalue weighted by atomic mass is 35.5. The maximum Gasteiger partial charge on any atom is 0.222 e. The molecule has 0 fully saturated rings. The fraction of sp³-hybridized carbons (Fsp3) is 0.333. The van der Waals surface area contributed by atoms with Crippen molar-refractivity contribution < 1.29 is 14.3 Å². The summed E-state index contributed by atoms with van der Waals surface area (Å²) < 4.78 is 12.0. The van der Waals surface area contributed by atoms with E-state index in [1.807, 2.05) is 19.1 Å². The van der Waals surface area contributed by atoms with Crippen molar-refractivity contribution in [3.05, 3.63) is 33.3 Å². The van der Waals surface area contributed by atoms with Crippen molar-refractivity contribution >= 4 is 40.6 Å². The molecule has 0 spiro atoms. The summed E-state index contributed by atoms with van der Waals surface area (Å²) in [4.78, 5) is 16.4. The Morgan fingerprint density at radius 1 is 1.43 bits per heavy atom. The molecule has 0 saturated carbocycles. The predicted octanol–water partition coefficient (Wildman–Crippen LogP) is 3.20. The Labute approximate surface area is 147 Å². The highest BCUT2D eigenvalue weighted by molar-refractivity contribution is 8.00. The minimum Gasteiger partial charge on any atom is -0.486 e. The first-order valence-corrected chi connectivity index (χ1v) is 9.16. The third-order valence-corrected chi connectivity index (χ3v) is 5.88. The number of hydrogen-bond acceptors (Lipinski definition) is 6. The number of nitrogens with two attached hydrogens (primary N) is 1. The molecule has 0 bridgehead atoms. The van der Waals surface area contributed by atoms with E-state index in [2.05, 4.69) is 4.98 Å². The van der Waals surface area contributed by atoms with Gasteiger partial charge in [0.1, 0.15) is 13.2 Å². The smallest absolute Gasteiger partial charge is 0.222 e. The molecular weight excluding hydrogens is 356 g/mol. The topological polar surface area (TPSA) is 74.4 Å². The Hall–Kier alpha value is -1.44. The second kappa shape index (κ2) is 6.98. The summed E-state index contributed by atoms with van der Waals surface area (Å²) in [6, 6.07) is 3.82. The number of hydrogen-bond donors (Lipinski definition) is 1. The maximum atomic E-state index is 11.0. The Bertz CT molecular complexity index is 749. The average Bonchev–Trinajstić information content (AvgIpc) is 2.85. The van der Waals surface area contributed by atoms with Crippen molar-refractivity contribution in [2.75, 3.05) is 13.2 Å². The quantitative estimate of drug-likeness (QED) is 0.818. The number of aromatic nitrogens is 1. The van der Waals surface area contributed by atoms with Gasteiger partial charge < -0.3 is 15.2 Å². The summed E-state index contributed by atoms with van der Waals surface area (Å²) in [7, 11) is 0. The maximum absolute atomic E-state index is 11.0. The van der Waals surface area contributed by atoms with Crippen molar-refractivity contribution in [3.8, 4) is 11.5 Å². The molecule has 2 heterocycles. The van der Waals surface area contributed by atoms with Crippen LogP contribution >= 0.6 is 34.7 Å². The standard InChI is InChI=1S/C15H15ClN2O3S2/c1-8-12(6-13(17)19)23-15(18-8)22-7-9-4-10(16)14-11(5-9)20-2-3-21-14/h4-5H,2-3,6-7H2,1H3,(H2,17,19). The Balaban J connectivity index is 1.71. The molecular formula is C15H15ClN2O3S2. The van der Waals surface area contributed by atoms with E-state index in [4.69, 9.17) is 26.8 Å². The highest BCUT2D eigenvalue weighted by Gasteiger charge is 2.17. The van der Waals surface area contributed by atoms with Gasteiger partial charge in [-0.1, -0.05) is 23.4 Å². The van der Waals surface area contributed by atoms with Crippen LogP contribution in [0.4, 0.5) is 0 Å². The monoisotopic (exact) mass is 370 g/mol. The number of benzene rings is 1. The van der Waals surface area contributed by atoms with Crippen LogP contribution in [0.15, 0.2) is 16.5 Å². The van der Waals surface area contributed by atoms with E-state index in [9.17, 15) is 4.79 Å². The van der Waals surface area contributed by atoms with Crippen LogP contribution in [0.3, 0.4) is 0 Å². The van der Waals surface area contributed by atoms with Gasteiger partial charge in [0, 0.05) is 10.6 Å². The van der Waals surface area contributed by atoms with Crippen molar-refractivity contribution in [3.63, 3.8) is 0 Å². The average molecular weight is 371 g/mol. The predicted molar refractivity (Wildman–Crippen MR) is 91.8 cm³/mol. The second-order valence-corrected chi connectivity index (χ2v) is 7.74. The van der Waals surface area contributed by atoms with E-state index >= 15 is 0 Å². The van der Waals surface area contributed by atoms with Crippen molar-refractivity contribution in [1.29, 1.82) is 0 Å². The van der Waals surface area contributed by atoms with E-state index in [0.717, 1.165) is 20.5 Å². The van der Waals surface area contributed by atoms with Crippen LogP contribution in [-0.2, 0) is 17.0 Å². The fourth-order valence-corrected chi connectivity index (χ4v) is 4.64. The first-order chi connectivity index (χ1) is 11.0. The van der Waals surface area contributed by atoms with Gasteiger partial charge in [0.05, 0.1) is 17.1 Å². The summed E-state index contributed by atoms with van der Waals surface area (Å²) in [5.41, 5.74) is 7.14. The van der Waals surface area contributed by atoms with Gasteiger partial charge in [0.15, 0.2) is 15.8 Å². The minimum atomic E-state index is -0.341. The van der Waals surface area contributed by atoms with Gasteiger partial charge in [-0.15, -0.1) is 11.3 Å². The number of amides is 1. The Morgan fingerprint density at radius 3 is 3.00 bits per heavy atom. The minimum absolute atomic E-state index is 0.236. The molecule has 1 aliphatic heterocycles. The van der Waals surface area contributed by atoms with Gasteiger partial charge in [0.2, 0.25) is 5.91 Å². The van der Waals surface area contributed by atoms with Crippen LogP contribution in [0, 0.1) is 6.92 Å². The molecule has 0 atom stereocenters. The Kier molecular flexibility index (Phi) is 4.99. The number of carbonyl (C=O) groups is 1. The normalized spacial score (nSPS) is 13.1. The molecule has 0 radical (unpaired) electrons. The first kappa shape index (κ1) is 16.4. The first-order valence-electron chi connectivity index (χ1n) is 6.98. The molecule has 2 N–H and O–H groups in total. The van der Waals surface area contributed by atoms with Gasteiger partial charge in [-0.2, -0.15) is 0 Å². The third-order valence-electron chi connectivity index (χ3n) is 3.23. The number of thioether (sulfide) groups is 1. The summed E-state index contributed by atoms with van der Waals surface area (Å²) >= 11 is 9.33. The van der Waals surface area contributed by atoms with E-state index < -0.39 is 0 Å². The van der Waals surface area contributed by atoms with E-state index in [0.29, 0.717) is 35.5 Å². The number of primary amides is 1. The molecule has 1 aromatic carbocycles. The number of nitrogens with zero attached hydrogens (tertiary/aromatic N) is 1. The number of carbonyl (C=O) groups excluding carboxylic acids is 1. The largest absolute Gasteiger partial charge is 0.486 e. The summed E-state index contributed by atoms with van der Waals surface area (Å²) in [5, 5.41) is 0.558. The number of aryl methyl sites for hydroxylation is 1. The molecule has 8 heteroatoms. The lowest BCUT2D eigenvalue weighted by atomic mass is 10.2. The van der Waals surface area contributed by atoms with Gasteiger partial charge in [-0.05, 0) is 24.6 Å². The summed E-state index contributed by atoms with van der Waals surface area (Å²) in [5.74, 6) is 1.66. The lowest BCUT2D eigenvalue weighted by molar-refractivity contribution is -0.117. The van der Waals surface area contributed by atoms with Crippen molar-refractivity contribution in [2.24, 2.45) is 5.73 Å². The zero-order valence-electron chi connectivity index (χ0n) is 12.4. The van der Waals surface area contributed by atoms with Crippen molar-refractivity contribution in [2.45, 2.75) is 23.4 Å². The third kappa shape index (κ3) is 3.91. The SMILES string of the molecule is Cc1nc(SCc2cc(Cl)c3c(c2)OCCO3)sc1CC(N)=O. The molecule has 2 aromatic rings. The zero-order chi connectivity index (χ0) is 16.4. The number of halogens is 1. The van der Waals surface area contributed by atoms with Crippen LogP contribution in [-0.4, -0.2) is 24.1 Å². The molecule has 1 aliphatic rings. The van der Waals surface area contributed by atoms with E-state index in [-0.39, 0.29) is 12.3 Å². The molecule has 0 saturated heterocycles. The highest BCUT2D eigenvalue weighted by Crippen LogP contribution is 2.40. The molecule has 5 nitrogen and oxygen atoms in total. The molecule has 0 aliphatic carbocycles. The van der Waals surface area contributed by atoms with Gasteiger partial charge in [-0.25, -0.2) is 4.98 Å². The number of ether oxygens (including phenoxy) is 2. The fourth-order valence-electron chi connectivity index (χ4n) is 2.18.